The van der Waals surface area contributed by atoms with Gasteiger partial charge in [0.05, 0.1) is 13.2 Å². The minimum absolute atomic E-state index is 0.0754. The third-order valence-corrected chi connectivity index (χ3v) is 12.6. The van der Waals surface area contributed by atoms with Crippen molar-refractivity contribution in [1.29, 1.82) is 0 Å². The quantitative estimate of drug-likeness (QED) is 0.0238. The first-order valence-electron chi connectivity index (χ1n) is 26.5. The van der Waals surface area contributed by atoms with E-state index in [1.807, 2.05) is 0 Å². The van der Waals surface area contributed by atoms with Crippen LogP contribution in [0.2, 0.25) is 0 Å². The number of allylic oxidation sites excluding steroid dienone is 6. The van der Waals surface area contributed by atoms with Crippen LogP contribution < -0.4 is 5.32 Å². The van der Waals surface area contributed by atoms with Gasteiger partial charge in [-0.05, 0) is 51.4 Å². The van der Waals surface area contributed by atoms with Crippen LogP contribution in [0.3, 0.4) is 0 Å². The Morgan fingerprint density at radius 1 is 0.492 bits per heavy atom. The van der Waals surface area contributed by atoms with Crippen molar-refractivity contribution < 1.29 is 37.9 Å². The van der Waals surface area contributed by atoms with Crippen LogP contribution in [0.25, 0.3) is 0 Å². The number of aliphatic hydroxyl groups excluding tert-OH is 1. The number of carbonyl (C=O) groups excluding carboxylic acids is 2. The lowest BCUT2D eigenvalue weighted by Crippen LogP contribution is -2.27. The number of unbranched alkanes of at least 4 members (excludes halogenated alkanes) is 31. The van der Waals surface area contributed by atoms with Gasteiger partial charge >= 0.3 is 13.8 Å². The number of carbonyl (C=O) groups is 2. The number of rotatable bonds is 50. The highest BCUT2D eigenvalue weighted by Gasteiger charge is 2.23. The minimum atomic E-state index is -4.43. The van der Waals surface area contributed by atoms with E-state index >= 15 is 0 Å². The molecule has 9 nitrogen and oxygen atoms in total. The summed E-state index contributed by atoms with van der Waals surface area (Å²) in [5, 5.41) is 12.8. The molecule has 0 radical (unpaired) electrons. The Kier molecular flexibility index (Phi) is 48.3. The molecule has 0 aliphatic heterocycles. The molecule has 1 amide bonds. The maximum absolute atomic E-state index is 12.2. The van der Waals surface area contributed by atoms with Crippen LogP contribution in [-0.4, -0.2) is 54.3 Å². The van der Waals surface area contributed by atoms with Crippen molar-refractivity contribution in [2.45, 2.75) is 264 Å². The standard InChI is InChI=1S/C53H100NO8P/c1-3-5-7-9-11-13-15-17-19-21-23-24-25-26-28-30-32-34-36-38-40-42-44-46-53(57)60-49-51(55)50-62-63(58,59)61-48-47-54-52(56)45-43-41-39-37-35-33-31-29-27-22-20-18-16-14-12-10-8-6-4-2/h12,14,18,20,27,29,51,55H,3-11,13,15-17,19,21-26,28,30-50H2,1-2H3,(H,54,56)(H,58,59)/b14-12-,20-18-,29-27-. The number of amides is 1. The van der Waals surface area contributed by atoms with Crippen molar-refractivity contribution in [1.82, 2.24) is 5.32 Å². The molecule has 0 heterocycles. The second kappa shape index (κ2) is 49.7. The summed E-state index contributed by atoms with van der Waals surface area (Å²) in [6, 6.07) is 0. The first-order chi connectivity index (χ1) is 30.8. The number of ether oxygens (including phenoxy) is 1. The van der Waals surface area contributed by atoms with E-state index in [1.165, 1.54) is 167 Å². The summed E-state index contributed by atoms with van der Waals surface area (Å²) < 4.78 is 27.0. The number of phosphoric acid groups is 1. The highest BCUT2D eigenvalue weighted by atomic mass is 31.2. The fourth-order valence-corrected chi connectivity index (χ4v) is 8.32. The first-order valence-corrected chi connectivity index (χ1v) is 28.0. The van der Waals surface area contributed by atoms with Crippen LogP contribution in [0.15, 0.2) is 36.5 Å². The van der Waals surface area contributed by atoms with E-state index in [4.69, 9.17) is 13.8 Å². The fraction of sp³-hybridized carbons (Fsp3) is 0.849. The lowest BCUT2D eigenvalue weighted by molar-refractivity contribution is -0.147. The van der Waals surface area contributed by atoms with Gasteiger partial charge in [0.2, 0.25) is 5.91 Å². The normalized spacial score (nSPS) is 13.4. The van der Waals surface area contributed by atoms with Crippen LogP contribution in [-0.2, 0) is 27.9 Å². The van der Waals surface area contributed by atoms with Crippen LogP contribution in [0, 0.1) is 0 Å². The Bertz CT molecular complexity index is 1130. The summed E-state index contributed by atoms with van der Waals surface area (Å²) in [5.74, 6) is -0.519. The molecule has 0 rings (SSSR count). The molecule has 2 unspecified atom stereocenters. The third kappa shape index (κ3) is 51.1. The Balaban J connectivity index is 3.54. The Hall–Kier alpha value is -1.77. The molecule has 3 N–H and O–H groups in total. The molecular weight excluding hydrogens is 810 g/mol. The number of nitrogens with one attached hydrogen (secondary N) is 1. The number of phosphoric ester groups is 1. The molecule has 0 aliphatic rings. The average Bonchev–Trinajstić information content (AvgIpc) is 3.27. The fourth-order valence-electron chi connectivity index (χ4n) is 7.57. The lowest BCUT2D eigenvalue weighted by atomic mass is 10.0. The predicted molar refractivity (Wildman–Crippen MR) is 266 cm³/mol. The molecule has 0 aromatic heterocycles. The predicted octanol–water partition coefficient (Wildman–Crippen LogP) is 15.7. The summed E-state index contributed by atoms with van der Waals surface area (Å²) in [4.78, 5) is 34.1. The summed E-state index contributed by atoms with van der Waals surface area (Å²) in [6.45, 7) is 3.56. The van der Waals surface area contributed by atoms with Gasteiger partial charge in [-0.1, -0.05) is 230 Å². The number of esters is 1. The molecule has 0 saturated heterocycles. The van der Waals surface area contributed by atoms with E-state index in [-0.39, 0.29) is 32.1 Å². The number of hydrogen-bond acceptors (Lipinski definition) is 7. The summed E-state index contributed by atoms with van der Waals surface area (Å²) in [5.41, 5.74) is 0. The Morgan fingerprint density at radius 3 is 1.32 bits per heavy atom. The Labute approximate surface area is 388 Å². The third-order valence-electron chi connectivity index (χ3n) is 11.6. The van der Waals surface area contributed by atoms with E-state index in [2.05, 4.69) is 55.6 Å². The van der Waals surface area contributed by atoms with Crippen LogP contribution >= 0.6 is 7.82 Å². The van der Waals surface area contributed by atoms with Gasteiger partial charge < -0.3 is 20.1 Å². The average molecular weight is 910 g/mol. The van der Waals surface area contributed by atoms with Crippen molar-refractivity contribution in [3.05, 3.63) is 36.5 Å². The van der Waals surface area contributed by atoms with Gasteiger partial charge in [-0.3, -0.25) is 18.6 Å². The van der Waals surface area contributed by atoms with E-state index in [0.29, 0.717) is 6.42 Å². The largest absolute Gasteiger partial charge is 0.472 e. The van der Waals surface area contributed by atoms with Gasteiger partial charge in [-0.2, -0.15) is 0 Å². The maximum Gasteiger partial charge on any atom is 0.472 e. The first kappa shape index (κ1) is 61.2. The molecule has 0 aliphatic carbocycles. The van der Waals surface area contributed by atoms with Crippen LogP contribution in [0.4, 0.5) is 0 Å². The molecule has 0 aromatic rings. The zero-order valence-corrected chi connectivity index (χ0v) is 41.9. The highest BCUT2D eigenvalue weighted by molar-refractivity contribution is 7.47. The molecule has 10 heteroatoms. The van der Waals surface area contributed by atoms with Crippen molar-refractivity contribution in [2.75, 3.05) is 26.4 Å². The summed E-state index contributed by atoms with van der Waals surface area (Å²) in [7, 11) is -4.43. The second-order valence-electron chi connectivity index (χ2n) is 17.9. The molecule has 0 saturated carbocycles. The van der Waals surface area contributed by atoms with Crippen molar-refractivity contribution in [3.63, 3.8) is 0 Å². The summed E-state index contributed by atoms with van der Waals surface area (Å²) >= 11 is 0. The van der Waals surface area contributed by atoms with E-state index in [0.717, 1.165) is 64.2 Å². The van der Waals surface area contributed by atoms with Gasteiger partial charge in [-0.25, -0.2) is 4.57 Å². The monoisotopic (exact) mass is 910 g/mol. The SMILES string of the molecule is CCCCC/C=C\C/C=C\C/C=C\CCCCCCCCC(=O)NCCOP(=O)(O)OCC(O)COC(=O)CCCCCCCCCCCCCCCCCCCCCCCCC. The van der Waals surface area contributed by atoms with Gasteiger partial charge in [0, 0.05) is 19.4 Å². The van der Waals surface area contributed by atoms with Crippen molar-refractivity contribution in [3.8, 4) is 0 Å². The van der Waals surface area contributed by atoms with E-state index in [1.54, 1.807) is 0 Å². The maximum atomic E-state index is 12.2. The molecule has 2 atom stereocenters. The molecule has 0 aromatic carbocycles. The van der Waals surface area contributed by atoms with Crippen LogP contribution in [0.5, 0.6) is 0 Å². The van der Waals surface area contributed by atoms with Crippen molar-refractivity contribution in [2.24, 2.45) is 0 Å². The summed E-state index contributed by atoms with van der Waals surface area (Å²) in [6.07, 6.45) is 58.0. The number of aliphatic hydroxyl groups is 1. The van der Waals surface area contributed by atoms with Gasteiger partial charge in [0.25, 0.3) is 0 Å². The molecular formula is C53H100NO8P. The highest BCUT2D eigenvalue weighted by Crippen LogP contribution is 2.42. The number of hydrogen-bond donors (Lipinski definition) is 3. The van der Waals surface area contributed by atoms with Crippen LogP contribution in [0.1, 0.15) is 258 Å². The van der Waals surface area contributed by atoms with E-state index < -0.39 is 26.5 Å². The Morgan fingerprint density at radius 2 is 0.857 bits per heavy atom. The van der Waals surface area contributed by atoms with Gasteiger partial charge in [-0.15, -0.1) is 0 Å². The smallest absolute Gasteiger partial charge is 0.463 e. The molecule has 0 spiro atoms. The van der Waals surface area contributed by atoms with Gasteiger partial charge in [0.15, 0.2) is 0 Å². The molecule has 370 valence electrons. The second-order valence-corrected chi connectivity index (χ2v) is 19.3. The molecule has 0 fully saturated rings. The zero-order chi connectivity index (χ0) is 46.0. The van der Waals surface area contributed by atoms with E-state index in [9.17, 15) is 24.2 Å². The van der Waals surface area contributed by atoms with Gasteiger partial charge in [0.1, 0.15) is 12.7 Å². The lowest BCUT2D eigenvalue weighted by Gasteiger charge is -2.15. The van der Waals surface area contributed by atoms with Crippen molar-refractivity contribution >= 4 is 19.7 Å². The molecule has 63 heavy (non-hydrogen) atoms. The zero-order valence-electron chi connectivity index (χ0n) is 41.0. The topological polar surface area (TPSA) is 131 Å². The molecule has 0 bridgehead atoms. The minimum Gasteiger partial charge on any atom is -0.463 e.